The van der Waals surface area contributed by atoms with Gasteiger partial charge in [0.15, 0.2) is 0 Å². The zero-order chi connectivity index (χ0) is 19.0. The number of nitrogens with zero attached hydrogens (tertiary/aromatic N) is 4. The van der Waals surface area contributed by atoms with E-state index in [-0.39, 0.29) is 0 Å². The quantitative estimate of drug-likeness (QED) is 0.599. The molecule has 132 valence electrons. The summed E-state index contributed by atoms with van der Waals surface area (Å²) in [6.45, 7) is 3.51. The maximum Gasteiger partial charge on any atom is 0.139 e. The SMILES string of the molecule is CC(C)(O)c1ccc2c(c1)ncn2-c1cccc(-c2ccccc2C#N)n1. The molecule has 5 nitrogen and oxygen atoms in total. The van der Waals surface area contributed by atoms with Gasteiger partial charge in [0.05, 0.1) is 34.0 Å². The molecule has 0 aliphatic heterocycles. The Bertz CT molecular complexity index is 1180. The minimum absolute atomic E-state index is 0.590. The summed E-state index contributed by atoms with van der Waals surface area (Å²) in [4.78, 5) is 9.20. The minimum atomic E-state index is -0.920. The molecule has 0 fully saturated rings. The Morgan fingerprint density at radius 3 is 2.63 bits per heavy atom. The van der Waals surface area contributed by atoms with Crippen molar-refractivity contribution in [3.8, 4) is 23.1 Å². The topological polar surface area (TPSA) is 74.7 Å². The second-order valence-corrected chi connectivity index (χ2v) is 6.92. The zero-order valence-electron chi connectivity index (χ0n) is 15.1. The van der Waals surface area contributed by atoms with Gasteiger partial charge in [-0.15, -0.1) is 0 Å². The van der Waals surface area contributed by atoms with Crippen molar-refractivity contribution < 1.29 is 5.11 Å². The summed E-state index contributed by atoms with van der Waals surface area (Å²) < 4.78 is 1.90. The van der Waals surface area contributed by atoms with Crippen LogP contribution in [0.25, 0.3) is 28.1 Å². The van der Waals surface area contributed by atoms with Crippen LogP contribution in [0.4, 0.5) is 0 Å². The van der Waals surface area contributed by atoms with Crippen molar-refractivity contribution in [1.82, 2.24) is 14.5 Å². The molecule has 2 aromatic heterocycles. The maximum atomic E-state index is 10.2. The second kappa shape index (κ2) is 6.35. The minimum Gasteiger partial charge on any atom is -0.386 e. The molecule has 0 aliphatic rings. The van der Waals surface area contributed by atoms with Crippen LogP contribution in [0.1, 0.15) is 25.0 Å². The molecule has 2 heterocycles. The predicted molar refractivity (Wildman–Crippen MR) is 104 cm³/mol. The molecular weight excluding hydrogens is 336 g/mol. The molecule has 0 aliphatic carbocycles. The first kappa shape index (κ1) is 17.0. The number of hydrogen-bond donors (Lipinski definition) is 1. The standard InChI is InChI=1S/C22H18N4O/c1-22(2,27)16-10-11-20-19(12-16)24-14-26(20)21-9-5-8-18(25-21)17-7-4-3-6-15(17)13-23/h3-12,14,27H,1-2H3. The van der Waals surface area contributed by atoms with Gasteiger partial charge in [-0.2, -0.15) is 5.26 Å². The molecule has 0 unspecified atom stereocenters. The molecule has 4 aromatic rings. The molecule has 0 radical (unpaired) electrons. The number of rotatable bonds is 3. The summed E-state index contributed by atoms with van der Waals surface area (Å²) in [5, 5.41) is 19.6. The van der Waals surface area contributed by atoms with Crippen LogP contribution < -0.4 is 0 Å². The lowest BCUT2D eigenvalue weighted by Gasteiger charge is -2.17. The van der Waals surface area contributed by atoms with Crippen molar-refractivity contribution in [1.29, 1.82) is 5.26 Å². The average Bonchev–Trinajstić information content (AvgIpc) is 3.10. The van der Waals surface area contributed by atoms with E-state index >= 15 is 0 Å². The van der Waals surface area contributed by atoms with E-state index in [4.69, 9.17) is 4.98 Å². The third kappa shape index (κ3) is 3.07. The van der Waals surface area contributed by atoms with Gasteiger partial charge in [-0.1, -0.05) is 30.3 Å². The van der Waals surface area contributed by atoms with Crippen LogP contribution in [-0.2, 0) is 5.60 Å². The largest absolute Gasteiger partial charge is 0.386 e. The van der Waals surface area contributed by atoms with Crippen LogP contribution >= 0.6 is 0 Å². The van der Waals surface area contributed by atoms with Gasteiger partial charge in [-0.3, -0.25) is 4.57 Å². The van der Waals surface area contributed by atoms with E-state index in [2.05, 4.69) is 11.1 Å². The molecule has 0 saturated heterocycles. The van der Waals surface area contributed by atoms with Crippen molar-refractivity contribution in [2.75, 3.05) is 0 Å². The van der Waals surface area contributed by atoms with Crippen LogP contribution in [0.2, 0.25) is 0 Å². The van der Waals surface area contributed by atoms with Gasteiger partial charge in [0.1, 0.15) is 12.1 Å². The fraction of sp³-hybridized carbons (Fsp3) is 0.136. The van der Waals surface area contributed by atoms with Gasteiger partial charge in [0, 0.05) is 5.56 Å². The van der Waals surface area contributed by atoms with Crippen LogP contribution in [0.5, 0.6) is 0 Å². The molecule has 2 aromatic carbocycles. The number of imidazole rings is 1. The third-order valence-corrected chi connectivity index (χ3v) is 4.56. The highest BCUT2D eigenvalue weighted by atomic mass is 16.3. The van der Waals surface area contributed by atoms with E-state index in [0.717, 1.165) is 33.7 Å². The zero-order valence-corrected chi connectivity index (χ0v) is 15.1. The van der Waals surface area contributed by atoms with Crippen molar-refractivity contribution in [2.24, 2.45) is 0 Å². The van der Waals surface area contributed by atoms with Crippen molar-refractivity contribution in [2.45, 2.75) is 19.4 Å². The number of aromatic nitrogens is 3. The third-order valence-electron chi connectivity index (χ3n) is 4.56. The summed E-state index contributed by atoms with van der Waals surface area (Å²) >= 11 is 0. The Hall–Kier alpha value is -3.49. The Kier molecular flexibility index (Phi) is 3.98. The highest BCUT2D eigenvalue weighted by Crippen LogP contribution is 2.26. The number of nitriles is 1. The molecule has 0 bridgehead atoms. The van der Waals surface area contributed by atoms with Crippen LogP contribution in [-0.4, -0.2) is 19.6 Å². The molecule has 0 amide bonds. The molecule has 0 atom stereocenters. The first-order chi connectivity index (χ1) is 13.0. The van der Waals surface area contributed by atoms with Gasteiger partial charge >= 0.3 is 0 Å². The first-order valence-corrected chi connectivity index (χ1v) is 8.64. The van der Waals surface area contributed by atoms with Crippen LogP contribution in [0.3, 0.4) is 0 Å². The first-order valence-electron chi connectivity index (χ1n) is 8.64. The van der Waals surface area contributed by atoms with E-state index < -0.39 is 5.60 Å². The molecular formula is C22H18N4O. The Balaban J connectivity index is 1.82. The molecule has 5 heteroatoms. The lowest BCUT2D eigenvalue weighted by molar-refractivity contribution is 0.0787. The van der Waals surface area contributed by atoms with Gasteiger partial charge in [0.2, 0.25) is 0 Å². The summed E-state index contributed by atoms with van der Waals surface area (Å²) in [6.07, 6.45) is 1.72. The highest BCUT2D eigenvalue weighted by Gasteiger charge is 2.17. The number of aliphatic hydroxyl groups is 1. The van der Waals surface area contributed by atoms with E-state index in [9.17, 15) is 10.4 Å². The van der Waals surface area contributed by atoms with E-state index in [0.29, 0.717) is 5.56 Å². The number of benzene rings is 2. The maximum absolute atomic E-state index is 10.2. The van der Waals surface area contributed by atoms with Crippen molar-refractivity contribution in [3.63, 3.8) is 0 Å². The van der Waals surface area contributed by atoms with Crippen molar-refractivity contribution >= 4 is 11.0 Å². The van der Waals surface area contributed by atoms with E-state index in [1.165, 1.54) is 0 Å². The van der Waals surface area contributed by atoms with Gasteiger partial charge in [-0.05, 0) is 49.7 Å². The molecule has 1 N–H and O–H groups in total. The monoisotopic (exact) mass is 354 g/mol. The van der Waals surface area contributed by atoms with Gasteiger partial charge < -0.3 is 5.11 Å². The van der Waals surface area contributed by atoms with Gasteiger partial charge in [-0.25, -0.2) is 9.97 Å². The molecule has 0 spiro atoms. The number of pyridine rings is 1. The Morgan fingerprint density at radius 1 is 1.04 bits per heavy atom. The summed E-state index contributed by atoms with van der Waals surface area (Å²) in [5.74, 6) is 0.721. The van der Waals surface area contributed by atoms with Crippen LogP contribution in [0, 0.1) is 11.3 Å². The van der Waals surface area contributed by atoms with E-state index in [1.807, 2.05) is 59.2 Å². The summed E-state index contributed by atoms with van der Waals surface area (Å²) in [6, 6.07) is 21.1. The normalized spacial score (nSPS) is 11.5. The van der Waals surface area contributed by atoms with E-state index in [1.54, 1.807) is 26.2 Å². The summed E-state index contributed by atoms with van der Waals surface area (Å²) in [5.41, 5.74) is 3.71. The average molecular weight is 354 g/mol. The predicted octanol–water partition coefficient (Wildman–Crippen LogP) is 4.19. The lowest BCUT2D eigenvalue weighted by Crippen LogP contribution is -2.15. The fourth-order valence-corrected chi connectivity index (χ4v) is 3.09. The molecule has 0 saturated carbocycles. The fourth-order valence-electron chi connectivity index (χ4n) is 3.09. The molecule has 27 heavy (non-hydrogen) atoms. The van der Waals surface area contributed by atoms with Gasteiger partial charge in [0.25, 0.3) is 0 Å². The van der Waals surface area contributed by atoms with Crippen molar-refractivity contribution in [3.05, 3.63) is 78.1 Å². The second-order valence-electron chi connectivity index (χ2n) is 6.92. The Labute approximate surface area is 157 Å². The smallest absolute Gasteiger partial charge is 0.139 e. The Morgan fingerprint density at radius 2 is 1.85 bits per heavy atom. The number of fused-ring (bicyclic) bond motifs is 1. The molecule has 4 rings (SSSR count). The summed E-state index contributed by atoms with van der Waals surface area (Å²) in [7, 11) is 0. The van der Waals surface area contributed by atoms with Crippen LogP contribution in [0.15, 0.2) is 67.0 Å². The highest BCUT2D eigenvalue weighted by molar-refractivity contribution is 5.78. The lowest BCUT2D eigenvalue weighted by atomic mass is 9.98. The number of hydrogen-bond acceptors (Lipinski definition) is 4.